The van der Waals surface area contributed by atoms with Gasteiger partial charge in [-0.3, -0.25) is 4.99 Å². The summed E-state index contributed by atoms with van der Waals surface area (Å²) in [6, 6.07) is 0.145. The number of nitrogens with one attached hydrogen (secondary N) is 2. The number of rotatable bonds is 6. The zero-order chi connectivity index (χ0) is 18.4. The second-order valence-electron chi connectivity index (χ2n) is 7.35. The van der Waals surface area contributed by atoms with Crippen LogP contribution in [0.4, 0.5) is 4.79 Å². The number of aliphatic hydroxyl groups is 1. The number of hydrogen-bond donors (Lipinski definition) is 3. The number of hydrogen-bond acceptors (Lipinski definition) is 4. The Morgan fingerprint density at radius 1 is 1.25 bits per heavy atom. The summed E-state index contributed by atoms with van der Waals surface area (Å²) in [4.78, 5) is 18.1. The average molecular weight is 342 g/mol. The van der Waals surface area contributed by atoms with Gasteiger partial charge in [0.1, 0.15) is 5.60 Å². The molecule has 1 amide bonds. The van der Waals surface area contributed by atoms with Gasteiger partial charge in [0.15, 0.2) is 5.96 Å². The van der Waals surface area contributed by atoms with Gasteiger partial charge in [-0.1, -0.05) is 13.8 Å². The summed E-state index contributed by atoms with van der Waals surface area (Å²) < 4.78 is 5.34. The third-order valence-electron chi connectivity index (χ3n) is 4.07. The van der Waals surface area contributed by atoms with E-state index in [2.05, 4.69) is 15.6 Å². The van der Waals surface area contributed by atoms with E-state index < -0.39 is 11.2 Å². The molecule has 0 bridgehead atoms. The first-order valence-corrected chi connectivity index (χ1v) is 8.87. The second kappa shape index (κ2) is 8.55. The highest BCUT2D eigenvalue weighted by molar-refractivity contribution is 5.80. The summed E-state index contributed by atoms with van der Waals surface area (Å²) in [6.45, 7) is 13.8. The molecule has 140 valence electrons. The number of likely N-dealkylation sites (tertiary alicyclic amines) is 1. The number of carbonyl (C=O) groups excluding carboxylic acids is 1. The summed E-state index contributed by atoms with van der Waals surface area (Å²) in [5, 5.41) is 16.8. The van der Waals surface area contributed by atoms with Gasteiger partial charge in [-0.05, 0) is 40.5 Å². The lowest BCUT2D eigenvalue weighted by atomic mass is 9.98. The minimum Gasteiger partial charge on any atom is -0.444 e. The zero-order valence-corrected chi connectivity index (χ0v) is 16.0. The molecular weight excluding hydrogens is 308 g/mol. The molecule has 1 aliphatic rings. The number of guanidine groups is 1. The maximum atomic E-state index is 11.9. The van der Waals surface area contributed by atoms with Gasteiger partial charge in [0.2, 0.25) is 0 Å². The molecule has 24 heavy (non-hydrogen) atoms. The first-order valence-electron chi connectivity index (χ1n) is 8.87. The fourth-order valence-corrected chi connectivity index (χ4v) is 2.26. The minimum absolute atomic E-state index is 0.145. The average Bonchev–Trinajstić information content (AvgIpc) is 2.45. The van der Waals surface area contributed by atoms with Gasteiger partial charge in [0.05, 0.1) is 18.2 Å². The van der Waals surface area contributed by atoms with E-state index in [1.54, 1.807) is 4.90 Å². The van der Waals surface area contributed by atoms with Crippen molar-refractivity contribution in [3.8, 4) is 0 Å². The molecule has 0 aromatic rings. The van der Waals surface area contributed by atoms with Crippen LogP contribution in [-0.4, -0.2) is 65.5 Å². The lowest BCUT2D eigenvalue weighted by Crippen LogP contribution is -2.63. The fraction of sp³-hybridized carbons (Fsp3) is 0.882. The molecule has 0 aromatic heterocycles. The van der Waals surface area contributed by atoms with E-state index in [0.717, 1.165) is 6.54 Å². The van der Waals surface area contributed by atoms with Gasteiger partial charge in [-0.25, -0.2) is 4.79 Å². The Balaban J connectivity index is 2.50. The third kappa shape index (κ3) is 6.55. The smallest absolute Gasteiger partial charge is 0.410 e. The van der Waals surface area contributed by atoms with E-state index in [4.69, 9.17) is 4.74 Å². The lowest BCUT2D eigenvalue weighted by Gasteiger charge is -2.40. The summed E-state index contributed by atoms with van der Waals surface area (Å²) in [5.41, 5.74) is -1.23. The van der Waals surface area contributed by atoms with Crippen LogP contribution in [0.1, 0.15) is 54.4 Å². The maximum absolute atomic E-state index is 11.9. The highest BCUT2D eigenvalue weighted by Gasteiger charge is 2.34. The molecule has 7 heteroatoms. The summed E-state index contributed by atoms with van der Waals surface area (Å²) in [6.07, 6.45) is 1.05. The number of aliphatic imine (C=N–C) groups is 1. The van der Waals surface area contributed by atoms with Crippen LogP contribution in [0.2, 0.25) is 0 Å². The predicted octanol–water partition coefficient (Wildman–Crippen LogP) is 1.71. The zero-order valence-electron chi connectivity index (χ0n) is 16.0. The van der Waals surface area contributed by atoms with Crippen molar-refractivity contribution >= 4 is 12.1 Å². The Kier molecular flexibility index (Phi) is 7.32. The molecule has 3 N–H and O–H groups in total. The van der Waals surface area contributed by atoms with E-state index in [-0.39, 0.29) is 12.1 Å². The van der Waals surface area contributed by atoms with E-state index in [1.807, 2.05) is 41.5 Å². The number of carbonyl (C=O) groups is 1. The van der Waals surface area contributed by atoms with E-state index in [1.165, 1.54) is 0 Å². The summed E-state index contributed by atoms with van der Waals surface area (Å²) in [7, 11) is 0. The Hall–Kier alpha value is -1.50. The van der Waals surface area contributed by atoms with Crippen molar-refractivity contribution < 1.29 is 14.6 Å². The van der Waals surface area contributed by atoms with Crippen LogP contribution in [0.15, 0.2) is 4.99 Å². The van der Waals surface area contributed by atoms with Crippen LogP contribution >= 0.6 is 0 Å². The van der Waals surface area contributed by atoms with Crippen molar-refractivity contribution in [2.24, 2.45) is 4.99 Å². The van der Waals surface area contributed by atoms with E-state index in [9.17, 15) is 9.90 Å². The number of amides is 1. The predicted molar refractivity (Wildman–Crippen MR) is 96.2 cm³/mol. The molecule has 0 aliphatic carbocycles. The molecule has 0 radical (unpaired) electrons. The molecule has 1 saturated heterocycles. The van der Waals surface area contributed by atoms with Gasteiger partial charge in [-0.2, -0.15) is 0 Å². The Labute approximate surface area is 145 Å². The molecule has 1 heterocycles. The SMILES string of the molecule is CCNC(=NCC(O)(CC)CC)NC1CN(C(=O)OC(C)(C)C)C1. The van der Waals surface area contributed by atoms with Crippen molar-refractivity contribution in [2.45, 2.75) is 71.6 Å². The molecule has 0 saturated carbocycles. The second-order valence-corrected chi connectivity index (χ2v) is 7.35. The largest absolute Gasteiger partial charge is 0.444 e. The van der Waals surface area contributed by atoms with E-state index >= 15 is 0 Å². The van der Waals surface area contributed by atoms with E-state index in [0.29, 0.717) is 38.4 Å². The van der Waals surface area contributed by atoms with Gasteiger partial charge in [-0.15, -0.1) is 0 Å². The number of ether oxygens (including phenoxy) is 1. The van der Waals surface area contributed by atoms with Crippen LogP contribution in [-0.2, 0) is 4.74 Å². The topological polar surface area (TPSA) is 86.2 Å². The first kappa shape index (κ1) is 20.5. The highest BCUT2D eigenvalue weighted by Crippen LogP contribution is 2.16. The Morgan fingerprint density at radius 2 is 1.83 bits per heavy atom. The van der Waals surface area contributed by atoms with Crippen LogP contribution < -0.4 is 10.6 Å². The van der Waals surface area contributed by atoms with Crippen molar-refractivity contribution in [3.05, 3.63) is 0 Å². The molecule has 1 rings (SSSR count). The molecule has 0 unspecified atom stereocenters. The molecule has 0 spiro atoms. The summed E-state index contributed by atoms with van der Waals surface area (Å²) >= 11 is 0. The standard InChI is InChI=1S/C17H34N4O3/c1-7-17(23,8-2)12-19-14(18-9-3)20-13-10-21(11-13)15(22)24-16(4,5)6/h13,23H,7-12H2,1-6H3,(H2,18,19,20). The van der Waals surface area contributed by atoms with Crippen molar-refractivity contribution in [1.29, 1.82) is 0 Å². The third-order valence-corrected chi connectivity index (χ3v) is 4.07. The van der Waals surface area contributed by atoms with Crippen molar-refractivity contribution in [2.75, 3.05) is 26.2 Å². The molecule has 0 aromatic carbocycles. The number of nitrogens with zero attached hydrogens (tertiary/aromatic N) is 2. The Bertz CT molecular complexity index is 436. The first-order chi connectivity index (χ1) is 11.1. The lowest BCUT2D eigenvalue weighted by molar-refractivity contribution is 0.00699. The van der Waals surface area contributed by atoms with Crippen LogP contribution in [0.3, 0.4) is 0 Å². The molecule has 7 nitrogen and oxygen atoms in total. The van der Waals surface area contributed by atoms with Crippen LogP contribution in [0, 0.1) is 0 Å². The molecule has 1 fully saturated rings. The molecule has 1 aliphatic heterocycles. The monoisotopic (exact) mass is 342 g/mol. The quantitative estimate of drug-likeness (QED) is 0.505. The normalized spacial score (nSPS) is 16.6. The van der Waals surface area contributed by atoms with Crippen LogP contribution in [0.5, 0.6) is 0 Å². The van der Waals surface area contributed by atoms with Gasteiger partial charge in [0.25, 0.3) is 0 Å². The molecule has 0 atom stereocenters. The van der Waals surface area contributed by atoms with Crippen LogP contribution in [0.25, 0.3) is 0 Å². The minimum atomic E-state index is -0.759. The van der Waals surface area contributed by atoms with Crippen molar-refractivity contribution in [3.63, 3.8) is 0 Å². The van der Waals surface area contributed by atoms with Crippen molar-refractivity contribution in [1.82, 2.24) is 15.5 Å². The maximum Gasteiger partial charge on any atom is 0.410 e. The highest BCUT2D eigenvalue weighted by atomic mass is 16.6. The fourth-order valence-electron chi connectivity index (χ4n) is 2.26. The van der Waals surface area contributed by atoms with Gasteiger partial charge < -0.3 is 25.4 Å². The van der Waals surface area contributed by atoms with Gasteiger partial charge in [0, 0.05) is 19.6 Å². The molecular formula is C17H34N4O3. The summed E-state index contributed by atoms with van der Waals surface area (Å²) in [5.74, 6) is 0.673. The Morgan fingerprint density at radius 3 is 2.29 bits per heavy atom. The van der Waals surface area contributed by atoms with Gasteiger partial charge >= 0.3 is 6.09 Å².